The second-order valence-electron chi connectivity index (χ2n) is 5.57. The number of rotatable bonds is 6. The number of aryl methyl sites for hydroxylation is 1. The molecule has 0 aliphatic heterocycles. The van der Waals surface area contributed by atoms with Gasteiger partial charge in [0.05, 0.1) is 30.9 Å². The molecule has 5 nitrogen and oxygen atoms in total. The number of nitriles is 1. The number of nitrogens with zero attached hydrogens (tertiary/aromatic N) is 5. The normalized spacial score (nSPS) is 10.7. The summed E-state index contributed by atoms with van der Waals surface area (Å²) in [7, 11) is 1.91. The molecule has 0 spiro atoms. The van der Waals surface area contributed by atoms with Crippen molar-refractivity contribution in [2.45, 2.75) is 13.0 Å². The summed E-state index contributed by atoms with van der Waals surface area (Å²) in [5, 5.41) is 19.8. The van der Waals surface area contributed by atoms with Crippen LogP contribution in [0.1, 0.15) is 12.0 Å². The van der Waals surface area contributed by atoms with Crippen molar-refractivity contribution in [2.75, 3.05) is 12.1 Å². The number of anilines is 1. The fraction of sp³-hybridized carbons (Fsp3) is 0.150. The highest BCUT2D eigenvalue weighted by Crippen LogP contribution is 2.21. The van der Waals surface area contributed by atoms with E-state index in [1.54, 1.807) is 4.68 Å². The molecule has 5 heteroatoms. The van der Waals surface area contributed by atoms with Gasteiger partial charge in [-0.2, -0.15) is 15.5 Å². The van der Waals surface area contributed by atoms with Gasteiger partial charge in [0.15, 0.2) is 0 Å². The summed E-state index contributed by atoms with van der Waals surface area (Å²) in [6, 6.07) is 22.1. The fourth-order valence-electron chi connectivity index (χ4n) is 2.49. The lowest BCUT2D eigenvalue weighted by Crippen LogP contribution is -2.08. The molecule has 0 radical (unpaired) electrons. The Hall–Kier alpha value is -3.39. The topological polar surface area (TPSA) is 57.2 Å². The van der Waals surface area contributed by atoms with Gasteiger partial charge in [-0.25, -0.2) is 0 Å². The van der Waals surface area contributed by atoms with Crippen LogP contribution in [0.5, 0.6) is 0 Å². The smallest absolute Gasteiger partial charge is 0.101 e. The highest BCUT2D eigenvalue weighted by Gasteiger charge is 2.10. The Labute approximate surface area is 147 Å². The molecule has 0 fully saturated rings. The van der Waals surface area contributed by atoms with Gasteiger partial charge in [-0.05, 0) is 12.1 Å². The molecule has 0 amide bonds. The molecule has 3 rings (SSSR count). The predicted octanol–water partition coefficient (Wildman–Crippen LogP) is 3.93. The molecular formula is C20H19N5. The van der Waals surface area contributed by atoms with Gasteiger partial charge in [-0.3, -0.25) is 9.69 Å². The van der Waals surface area contributed by atoms with Gasteiger partial charge >= 0.3 is 0 Å². The lowest BCUT2D eigenvalue weighted by atomic mass is 10.1. The average Bonchev–Trinajstić information content (AvgIpc) is 3.09. The van der Waals surface area contributed by atoms with Crippen molar-refractivity contribution in [3.8, 4) is 17.3 Å². The van der Waals surface area contributed by atoms with Crippen LogP contribution in [0.15, 0.2) is 72.0 Å². The van der Waals surface area contributed by atoms with Gasteiger partial charge in [0, 0.05) is 24.4 Å². The van der Waals surface area contributed by atoms with Crippen LogP contribution in [0.25, 0.3) is 11.3 Å². The third-order valence-corrected chi connectivity index (χ3v) is 3.79. The second-order valence-corrected chi connectivity index (χ2v) is 5.57. The molecule has 124 valence electrons. The highest BCUT2D eigenvalue weighted by atomic mass is 15.4. The van der Waals surface area contributed by atoms with Crippen molar-refractivity contribution >= 4 is 11.9 Å². The minimum absolute atomic E-state index is 0.427. The number of hydrazone groups is 1. The number of hydrogen-bond donors (Lipinski definition) is 0. The maximum atomic E-state index is 8.80. The summed E-state index contributed by atoms with van der Waals surface area (Å²) in [5.74, 6) is 0. The number of benzene rings is 2. The minimum Gasteiger partial charge on any atom is -0.270 e. The minimum atomic E-state index is 0.427. The summed E-state index contributed by atoms with van der Waals surface area (Å²) < 4.78 is 1.80. The molecule has 0 saturated heterocycles. The largest absolute Gasteiger partial charge is 0.270 e. The van der Waals surface area contributed by atoms with E-state index in [0.717, 1.165) is 22.5 Å². The van der Waals surface area contributed by atoms with E-state index in [1.165, 1.54) is 0 Å². The molecule has 0 saturated carbocycles. The van der Waals surface area contributed by atoms with E-state index in [2.05, 4.69) is 16.3 Å². The zero-order valence-corrected chi connectivity index (χ0v) is 14.1. The fourth-order valence-corrected chi connectivity index (χ4v) is 2.49. The molecule has 0 aliphatic rings. The van der Waals surface area contributed by atoms with Gasteiger partial charge in [0.25, 0.3) is 0 Å². The Bertz CT molecular complexity index is 875. The number of para-hydroxylation sites is 1. The van der Waals surface area contributed by atoms with E-state index < -0.39 is 0 Å². The monoisotopic (exact) mass is 329 g/mol. The quantitative estimate of drug-likeness (QED) is 0.508. The Kier molecular flexibility index (Phi) is 5.22. The molecular weight excluding hydrogens is 310 g/mol. The highest BCUT2D eigenvalue weighted by molar-refractivity contribution is 5.89. The summed E-state index contributed by atoms with van der Waals surface area (Å²) in [6.45, 7) is 0.568. The van der Waals surface area contributed by atoms with Crippen LogP contribution in [-0.2, 0) is 6.54 Å². The first-order valence-corrected chi connectivity index (χ1v) is 8.10. The summed E-state index contributed by atoms with van der Waals surface area (Å²) in [6.07, 6.45) is 4.17. The van der Waals surface area contributed by atoms with Crippen molar-refractivity contribution in [3.63, 3.8) is 0 Å². The predicted molar refractivity (Wildman–Crippen MR) is 100 cm³/mol. The molecule has 25 heavy (non-hydrogen) atoms. The maximum Gasteiger partial charge on any atom is 0.101 e. The van der Waals surface area contributed by atoms with Crippen LogP contribution in [0.3, 0.4) is 0 Å². The Morgan fingerprint density at radius 2 is 1.80 bits per heavy atom. The molecule has 0 unspecified atom stereocenters. The second kappa shape index (κ2) is 7.93. The van der Waals surface area contributed by atoms with Crippen molar-refractivity contribution in [3.05, 3.63) is 72.4 Å². The van der Waals surface area contributed by atoms with E-state index in [1.807, 2.05) is 85.1 Å². The molecule has 3 aromatic rings. The van der Waals surface area contributed by atoms with E-state index >= 15 is 0 Å². The number of hydrogen-bond acceptors (Lipinski definition) is 4. The van der Waals surface area contributed by atoms with Crippen LogP contribution < -0.4 is 5.01 Å². The Morgan fingerprint density at radius 1 is 1.12 bits per heavy atom. The van der Waals surface area contributed by atoms with E-state index in [0.29, 0.717) is 13.0 Å². The third-order valence-electron chi connectivity index (χ3n) is 3.79. The average molecular weight is 329 g/mol. The van der Waals surface area contributed by atoms with Crippen molar-refractivity contribution in [2.24, 2.45) is 5.10 Å². The van der Waals surface area contributed by atoms with Crippen LogP contribution in [0.4, 0.5) is 5.69 Å². The third kappa shape index (κ3) is 4.12. The molecule has 0 atom stereocenters. The van der Waals surface area contributed by atoms with Crippen molar-refractivity contribution in [1.82, 2.24) is 9.78 Å². The van der Waals surface area contributed by atoms with Crippen molar-refractivity contribution in [1.29, 1.82) is 5.26 Å². The molecule has 0 aliphatic carbocycles. The Balaban J connectivity index is 1.90. The first-order chi connectivity index (χ1) is 12.3. The van der Waals surface area contributed by atoms with Crippen LogP contribution in [-0.4, -0.2) is 23.0 Å². The zero-order valence-electron chi connectivity index (χ0n) is 14.1. The van der Waals surface area contributed by atoms with Gasteiger partial charge in [0.2, 0.25) is 0 Å². The molecule has 2 aromatic carbocycles. The summed E-state index contributed by atoms with van der Waals surface area (Å²) in [5.41, 5.74) is 3.83. The van der Waals surface area contributed by atoms with Gasteiger partial charge in [0.1, 0.15) is 5.69 Å². The summed E-state index contributed by atoms with van der Waals surface area (Å²) >= 11 is 0. The van der Waals surface area contributed by atoms with Gasteiger partial charge in [-0.15, -0.1) is 0 Å². The molecule has 1 aromatic heterocycles. The Morgan fingerprint density at radius 3 is 2.48 bits per heavy atom. The van der Waals surface area contributed by atoms with Gasteiger partial charge in [-0.1, -0.05) is 48.5 Å². The first-order valence-electron chi connectivity index (χ1n) is 8.10. The lowest BCUT2D eigenvalue weighted by Gasteiger charge is -2.11. The maximum absolute atomic E-state index is 8.80. The van der Waals surface area contributed by atoms with E-state index in [-0.39, 0.29) is 0 Å². The van der Waals surface area contributed by atoms with Gasteiger partial charge < -0.3 is 0 Å². The molecule has 0 N–H and O–H groups in total. The van der Waals surface area contributed by atoms with E-state index in [4.69, 9.17) is 5.26 Å². The van der Waals surface area contributed by atoms with Crippen LogP contribution >= 0.6 is 0 Å². The standard InChI is InChI=1S/C20H19N5/c1-24(19-11-6-3-7-12-19)22-15-18-16-25(14-8-13-21)23-20(18)17-9-4-2-5-10-17/h2-7,9-12,15-16H,8,14H2,1H3/b22-15-. The van der Waals surface area contributed by atoms with E-state index in [9.17, 15) is 0 Å². The molecule has 0 bridgehead atoms. The lowest BCUT2D eigenvalue weighted by molar-refractivity contribution is 0.629. The zero-order chi connectivity index (χ0) is 17.5. The molecule has 1 heterocycles. The number of aromatic nitrogens is 2. The SMILES string of the molecule is CN(/N=C\c1cn(CCC#N)nc1-c1ccccc1)c1ccccc1. The van der Waals surface area contributed by atoms with Crippen LogP contribution in [0.2, 0.25) is 0 Å². The van der Waals surface area contributed by atoms with Crippen molar-refractivity contribution < 1.29 is 0 Å². The first kappa shape index (κ1) is 16.5. The summed E-state index contributed by atoms with van der Waals surface area (Å²) in [4.78, 5) is 0. The van der Waals surface area contributed by atoms with Crippen LogP contribution in [0, 0.1) is 11.3 Å².